The highest BCUT2D eigenvalue weighted by molar-refractivity contribution is 6.02. The second kappa shape index (κ2) is 7.77. The summed E-state index contributed by atoms with van der Waals surface area (Å²) in [5, 5.41) is 3.45. The van der Waals surface area contributed by atoms with E-state index in [0.717, 1.165) is 22.9 Å². The third-order valence-corrected chi connectivity index (χ3v) is 5.99. The number of benzene rings is 1. The van der Waals surface area contributed by atoms with E-state index in [2.05, 4.69) is 26.8 Å². The number of carbonyl (C=O) groups excluding carboxylic acids is 3. The first-order valence-corrected chi connectivity index (χ1v) is 9.93. The molecule has 10 heteroatoms. The van der Waals surface area contributed by atoms with E-state index < -0.39 is 30.8 Å². The third kappa shape index (κ3) is 3.25. The number of fused-ring (bicyclic) bond motifs is 3. The largest absolute Gasteiger partial charge is 0.497 e. The van der Waals surface area contributed by atoms with E-state index in [1.165, 1.54) is 12.0 Å². The van der Waals surface area contributed by atoms with E-state index >= 15 is 0 Å². The number of likely N-dealkylation sites (N-methyl/N-ethyl adjacent to an activating group) is 1. The number of urea groups is 1. The van der Waals surface area contributed by atoms with Crippen LogP contribution in [0.25, 0.3) is 0 Å². The molecule has 3 heterocycles. The van der Waals surface area contributed by atoms with Crippen molar-refractivity contribution in [3.8, 4) is 5.75 Å². The van der Waals surface area contributed by atoms with Gasteiger partial charge in [0, 0.05) is 31.9 Å². The molecule has 4 atom stereocenters. The van der Waals surface area contributed by atoms with Gasteiger partial charge in [0.1, 0.15) is 30.8 Å². The minimum absolute atomic E-state index is 0.263. The molecule has 162 valence electrons. The lowest BCUT2D eigenvalue weighted by Crippen LogP contribution is -2.67. The van der Waals surface area contributed by atoms with Crippen molar-refractivity contribution in [3.05, 3.63) is 24.3 Å². The van der Waals surface area contributed by atoms with Gasteiger partial charge in [-0.1, -0.05) is 13.0 Å². The average molecular weight is 417 g/mol. The van der Waals surface area contributed by atoms with Gasteiger partial charge in [0.05, 0.1) is 14.2 Å². The number of imide groups is 1. The Balaban J connectivity index is 1.66. The highest BCUT2D eigenvalue weighted by atomic mass is 16.5. The van der Waals surface area contributed by atoms with Gasteiger partial charge >= 0.3 is 12.0 Å². The number of nitrogens with one attached hydrogen (secondary N) is 1. The first kappa shape index (κ1) is 20.4. The van der Waals surface area contributed by atoms with Crippen molar-refractivity contribution in [3.63, 3.8) is 0 Å². The van der Waals surface area contributed by atoms with Gasteiger partial charge < -0.3 is 19.3 Å². The summed E-state index contributed by atoms with van der Waals surface area (Å²) in [6.07, 6.45) is -0.747. The van der Waals surface area contributed by atoms with Gasteiger partial charge in [-0.2, -0.15) is 0 Å². The number of carbonyl (C=O) groups is 3. The number of rotatable bonds is 4. The Hall–Kier alpha value is -2.85. The molecule has 3 aliphatic heterocycles. The molecule has 0 saturated carbocycles. The van der Waals surface area contributed by atoms with Crippen LogP contribution in [-0.4, -0.2) is 92.0 Å². The van der Waals surface area contributed by atoms with Crippen LogP contribution in [0.15, 0.2) is 24.3 Å². The van der Waals surface area contributed by atoms with Crippen molar-refractivity contribution in [1.82, 2.24) is 20.0 Å². The van der Waals surface area contributed by atoms with Gasteiger partial charge in [-0.05, 0) is 18.1 Å². The van der Waals surface area contributed by atoms with E-state index in [1.807, 2.05) is 24.3 Å². The Bertz CT molecular complexity index is 864. The van der Waals surface area contributed by atoms with Crippen molar-refractivity contribution in [1.29, 1.82) is 0 Å². The summed E-state index contributed by atoms with van der Waals surface area (Å²) < 4.78 is 10.0. The predicted octanol–water partition coefficient (Wildman–Crippen LogP) is 0.102. The van der Waals surface area contributed by atoms with Crippen LogP contribution in [0.3, 0.4) is 0 Å². The molecule has 3 fully saturated rings. The van der Waals surface area contributed by atoms with E-state index in [9.17, 15) is 14.4 Å². The minimum atomic E-state index is -0.629. The highest BCUT2D eigenvalue weighted by Crippen LogP contribution is 2.35. The van der Waals surface area contributed by atoms with Gasteiger partial charge in [0.2, 0.25) is 0 Å². The topological polar surface area (TPSA) is 94.7 Å². The number of hydrogen-bond donors (Lipinski definition) is 1. The fourth-order valence-corrected chi connectivity index (χ4v) is 4.55. The minimum Gasteiger partial charge on any atom is -0.497 e. The summed E-state index contributed by atoms with van der Waals surface area (Å²) in [6, 6.07) is 6.68. The van der Waals surface area contributed by atoms with E-state index in [0.29, 0.717) is 6.54 Å². The summed E-state index contributed by atoms with van der Waals surface area (Å²) in [5.74, 6) is 0.0253. The normalized spacial score (nSPS) is 29.0. The highest BCUT2D eigenvalue weighted by Gasteiger charge is 2.57. The van der Waals surface area contributed by atoms with Crippen molar-refractivity contribution in [2.45, 2.75) is 25.4 Å². The Morgan fingerprint density at radius 1 is 1.23 bits per heavy atom. The smallest absolute Gasteiger partial charge is 0.328 e. The molecule has 1 aromatic rings. The molecule has 0 spiro atoms. The fourth-order valence-electron chi connectivity index (χ4n) is 4.55. The third-order valence-electron chi connectivity index (χ3n) is 5.99. The Morgan fingerprint density at radius 2 is 2.00 bits per heavy atom. The molecule has 3 amide bonds. The fraction of sp³-hybridized carbons (Fsp3) is 0.550. The molecule has 3 saturated heterocycles. The van der Waals surface area contributed by atoms with Crippen molar-refractivity contribution >= 4 is 23.6 Å². The first-order valence-electron chi connectivity index (χ1n) is 9.93. The monoisotopic (exact) mass is 417 g/mol. The van der Waals surface area contributed by atoms with Gasteiger partial charge in [0.25, 0.3) is 5.91 Å². The maximum absolute atomic E-state index is 13.3. The quantitative estimate of drug-likeness (QED) is 0.690. The molecule has 0 aromatic heterocycles. The zero-order valence-corrected chi connectivity index (χ0v) is 17.6. The molecule has 0 aliphatic carbocycles. The molecule has 30 heavy (non-hydrogen) atoms. The molecule has 0 radical (unpaired) electrons. The number of ether oxygens (including phenoxy) is 2. The van der Waals surface area contributed by atoms with Gasteiger partial charge in [-0.15, -0.1) is 0 Å². The molecular formula is C20H27N5O5. The summed E-state index contributed by atoms with van der Waals surface area (Å²) in [5.41, 5.74) is 0.967. The van der Waals surface area contributed by atoms with Crippen LogP contribution in [-0.2, 0) is 14.3 Å². The summed E-state index contributed by atoms with van der Waals surface area (Å²) in [4.78, 5) is 44.5. The molecule has 3 aliphatic rings. The second-order valence-electron chi connectivity index (χ2n) is 7.98. The van der Waals surface area contributed by atoms with Crippen molar-refractivity contribution in [2.24, 2.45) is 5.92 Å². The van der Waals surface area contributed by atoms with Crippen molar-refractivity contribution in [2.75, 3.05) is 45.8 Å². The lowest BCUT2D eigenvalue weighted by molar-refractivity contribution is -0.149. The van der Waals surface area contributed by atoms with Crippen LogP contribution >= 0.6 is 0 Å². The molecule has 4 unspecified atom stereocenters. The maximum atomic E-state index is 13.3. The van der Waals surface area contributed by atoms with Crippen LogP contribution in [0.4, 0.5) is 10.5 Å². The summed E-state index contributed by atoms with van der Waals surface area (Å²) in [7, 11) is 4.50. The Morgan fingerprint density at radius 3 is 2.70 bits per heavy atom. The first-order chi connectivity index (χ1) is 14.3. The molecule has 1 N–H and O–H groups in total. The lowest BCUT2D eigenvalue weighted by atomic mass is 10.0. The second-order valence-corrected chi connectivity index (χ2v) is 7.98. The Labute approximate surface area is 175 Å². The number of methoxy groups -OCH3 is 2. The summed E-state index contributed by atoms with van der Waals surface area (Å²) in [6.45, 7) is 3.22. The van der Waals surface area contributed by atoms with Crippen LogP contribution in [0.1, 0.15) is 6.92 Å². The van der Waals surface area contributed by atoms with Gasteiger partial charge in [-0.3, -0.25) is 24.7 Å². The zero-order valence-electron chi connectivity index (χ0n) is 17.6. The van der Waals surface area contributed by atoms with Crippen LogP contribution < -0.4 is 15.0 Å². The number of esters is 1. The van der Waals surface area contributed by atoms with E-state index in [1.54, 1.807) is 14.2 Å². The number of nitrogens with zero attached hydrogens (tertiary/aromatic N) is 4. The van der Waals surface area contributed by atoms with Gasteiger partial charge in [0.15, 0.2) is 0 Å². The standard InChI is InChI=1S/C20H27N5O5/c1-12-9-23(13-6-5-7-14(8-13)29-3)19-21-17-16(24(19)10-12)18(27)25(11-15(26)30-4)20(28)22(17)2/h5-8,12,16-17,19,21H,9-11H2,1-4H3. The molecular weight excluding hydrogens is 390 g/mol. The molecule has 4 rings (SSSR count). The average Bonchev–Trinajstić information content (AvgIpc) is 3.14. The lowest BCUT2D eigenvalue weighted by Gasteiger charge is -2.45. The maximum Gasteiger partial charge on any atom is 0.328 e. The number of hydrogen-bond acceptors (Lipinski definition) is 8. The SMILES string of the molecule is COC(=O)CN1C(=O)C2C(NC3N(c4cccc(OC)c4)CC(C)CN23)N(C)C1=O. The molecule has 1 aromatic carbocycles. The molecule has 0 bridgehead atoms. The number of amides is 3. The summed E-state index contributed by atoms with van der Waals surface area (Å²) >= 11 is 0. The predicted molar refractivity (Wildman–Crippen MR) is 108 cm³/mol. The number of anilines is 1. The van der Waals surface area contributed by atoms with E-state index in [4.69, 9.17) is 4.74 Å². The van der Waals surface area contributed by atoms with Crippen LogP contribution in [0.5, 0.6) is 5.75 Å². The van der Waals surface area contributed by atoms with E-state index in [-0.39, 0.29) is 18.1 Å². The Kier molecular flexibility index (Phi) is 5.29. The van der Waals surface area contributed by atoms with Crippen molar-refractivity contribution < 1.29 is 23.9 Å². The van der Waals surface area contributed by atoms with Crippen LogP contribution in [0, 0.1) is 5.92 Å². The van der Waals surface area contributed by atoms with Gasteiger partial charge in [-0.25, -0.2) is 4.79 Å². The molecule has 10 nitrogen and oxygen atoms in total. The zero-order chi connectivity index (χ0) is 21.6. The van der Waals surface area contributed by atoms with Crippen LogP contribution in [0.2, 0.25) is 0 Å².